The molecule has 0 bridgehead atoms. The van der Waals surface area contributed by atoms with Crippen LogP contribution in [0.25, 0.3) is 10.9 Å². The topological polar surface area (TPSA) is 48.1 Å². The van der Waals surface area contributed by atoms with Crippen molar-refractivity contribution in [3.8, 4) is 0 Å². The molecule has 3 aromatic rings. The molecule has 1 aliphatic rings. The van der Waals surface area contributed by atoms with Crippen molar-refractivity contribution >= 4 is 45.7 Å². The highest BCUT2D eigenvalue weighted by molar-refractivity contribution is 6.35. The number of rotatable bonds is 6. The van der Waals surface area contributed by atoms with Crippen LogP contribution in [-0.2, 0) is 6.42 Å². The van der Waals surface area contributed by atoms with E-state index in [1.54, 1.807) is 18.2 Å². The third kappa shape index (κ3) is 4.94. The molecular weight excluding hydrogens is 453 g/mol. The average Bonchev–Trinajstić information content (AvgIpc) is 2.71. The summed E-state index contributed by atoms with van der Waals surface area (Å²) >= 11 is 18.8. The van der Waals surface area contributed by atoms with Gasteiger partial charge in [-0.25, -0.2) is 0 Å². The van der Waals surface area contributed by atoms with E-state index in [9.17, 15) is 4.79 Å². The van der Waals surface area contributed by atoms with E-state index in [0.29, 0.717) is 20.5 Å². The highest BCUT2D eigenvalue weighted by atomic mass is 35.5. The largest absolute Gasteiger partial charge is 0.358 e. The minimum Gasteiger partial charge on any atom is -0.358 e. The fourth-order valence-corrected chi connectivity index (χ4v) is 5.25. The first kappa shape index (κ1) is 22.6. The van der Waals surface area contributed by atoms with E-state index in [1.165, 1.54) is 0 Å². The summed E-state index contributed by atoms with van der Waals surface area (Å²) in [6.07, 6.45) is 2.52. The van der Waals surface area contributed by atoms with E-state index < -0.39 is 0 Å². The minimum atomic E-state index is -0.0604. The van der Waals surface area contributed by atoms with E-state index in [4.69, 9.17) is 34.8 Å². The number of hydrogen-bond acceptors (Lipinski definition) is 3. The Morgan fingerprint density at radius 3 is 2.58 bits per heavy atom. The van der Waals surface area contributed by atoms with E-state index >= 15 is 0 Å². The van der Waals surface area contributed by atoms with Crippen LogP contribution in [0.5, 0.6) is 0 Å². The maximum Gasteiger partial charge on any atom is 0.194 e. The van der Waals surface area contributed by atoms with Gasteiger partial charge in [0.1, 0.15) is 0 Å². The third-order valence-corrected chi connectivity index (χ3v) is 6.77. The van der Waals surface area contributed by atoms with Gasteiger partial charge in [0.15, 0.2) is 5.43 Å². The molecule has 2 atom stereocenters. The van der Waals surface area contributed by atoms with Gasteiger partial charge < -0.3 is 15.2 Å². The van der Waals surface area contributed by atoms with E-state index in [1.807, 2.05) is 18.2 Å². The molecule has 0 radical (unpaired) electrons. The van der Waals surface area contributed by atoms with Crippen molar-refractivity contribution in [2.24, 2.45) is 0 Å². The van der Waals surface area contributed by atoms with E-state index in [2.05, 4.69) is 29.3 Å². The molecule has 2 N–H and O–H groups in total. The molecule has 1 aliphatic carbocycles. The zero-order chi connectivity index (χ0) is 22.1. The average molecular weight is 479 g/mol. The van der Waals surface area contributed by atoms with Crippen molar-refractivity contribution < 1.29 is 0 Å². The quantitative estimate of drug-likeness (QED) is 0.440. The molecule has 2 aromatic carbocycles. The first-order valence-electron chi connectivity index (χ1n) is 10.5. The van der Waals surface area contributed by atoms with Gasteiger partial charge in [0.2, 0.25) is 0 Å². The van der Waals surface area contributed by atoms with Crippen LogP contribution in [-0.4, -0.2) is 37.1 Å². The van der Waals surface area contributed by atoms with Crippen molar-refractivity contribution in [2.75, 3.05) is 27.2 Å². The summed E-state index contributed by atoms with van der Waals surface area (Å²) in [5.74, 6) is 0.184. The molecule has 0 spiro atoms. The second kappa shape index (κ2) is 9.51. The van der Waals surface area contributed by atoms with Gasteiger partial charge in [-0.05, 0) is 88.3 Å². The third-order valence-electron chi connectivity index (χ3n) is 5.98. The highest BCUT2D eigenvalue weighted by Crippen LogP contribution is 2.40. The second-order valence-electron chi connectivity index (χ2n) is 8.50. The summed E-state index contributed by atoms with van der Waals surface area (Å²) in [5.41, 5.74) is 3.71. The van der Waals surface area contributed by atoms with Crippen molar-refractivity contribution in [2.45, 2.75) is 31.2 Å². The number of halogens is 3. The monoisotopic (exact) mass is 477 g/mol. The summed E-state index contributed by atoms with van der Waals surface area (Å²) in [4.78, 5) is 19.1. The van der Waals surface area contributed by atoms with Crippen LogP contribution in [0.2, 0.25) is 15.1 Å². The molecule has 0 fully saturated rings. The predicted octanol–water partition coefficient (Wildman–Crippen LogP) is 5.80. The number of benzene rings is 2. The highest BCUT2D eigenvalue weighted by Gasteiger charge is 2.32. The first-order chi connectivity index (χ1) is 14.8. The number of aromatic amines is 1. The number of H-pyrrole nitrogens is 1. The zero-order valence-corrected chi connectivity index (χ0v) is 19.9. The smallest absolute Gasteiger partial charge is 0.194 e. The lowest BCUT2D eigenvalue weighted by molar-refractivity contribution is 0.369. The Hall–Kier alpha value is -1.56. The van der Waals surface area contributed by atoms with Crippen molar-refractivity contribution in [3.05, 3.63) is 78.5 Å². The number of nitrogens with zero attached hydrogens (tertiary/aromatic N) is 1. The molecule has 0 aliphatic heterocycles. The SMILES string of the molecule is CN(C)CCCNC1CC(c2ccc(Cl)cc2Cl)Cc2[nH]c3ccc(Cl)cc3c(=O)c21. The molecule has 164 valence electrons. The molecule has 0 saturated heterocycles. The maximum atomic E-state index is 13.5. The number of hydrogen-bond donors (Lipinski definition) is 2. The molecule has 7 heteroatoms. The summed E-state index contributed by atoms with van der Waals surface area (Å²) in [5, 5.41) is 6.13. The van der Waals surface area contributed by atoms with Gasteiger partial charge in [0.25, 0.3) is 0 Å². The van der Waals surface area contributed by atoms with Gasteiger partial charge in [-0.15, -0.1) is 0 Å². The Balaban J connectivity index is 1.74. The lowest BCUT2D eigenvalue weighted by Gasteiger charge is -2.33. The van der Waals surface area contributed by atoms with Crippen LogP contribution in [0.4, 0.5) is 0 Å². The molecule has 1 heterocycles. The van der Waals surface area contributed by atoms with Gasteiger partial charge in [0.05, 0.1) is 0 Å². The molecular formula is C24H26Cl3N3O. The van der Waals surface area contributed by atoms with Crippen LogP contribution >= 0.6 is 34.8 Å². The van der Waals surface area contributed by atoms with Gasteiger partial charge in [-0.3, -0.25) is 4.79 Å². The standard InChI is InChI=1S/C24H26Cl3N3O/c1-30(2)9-3-8-28-21-10-14(17-6-4-16(26)13-19(17)27)11-22-23(21)24(31)18-12-15(25)5-7-20(18)29-22/h4-7,12-14,21,28H,3,8-11H2,1-2H3,(H,29,31). The van der Waals surface area contributed by atoms with Gasteiger partial charge in [-0.2, -0.15) is 0 Å². The molecule has 0 saturated carbocycles. The summed E-state index contributed by atoms with van der Waals surface area (Å²) < 4.78 is 0. The predicted molar refractivity (Wildman–Crippen MR) is 131 cm³/mol. The Morgan fingerprint density at radius 1 is 1.10 bits per heavy atom. The Morgan fingerprint density at radius 2 is 1.84 bits per heavy atom. The van der Waals surface area contributed by atoms with Crippen LogP contribution in [0.15, 0.2) is 41.2 Å². The van der Waals surface area contributed by atoms with Crippen LogP contribution < -0.4 is 10.7 Å². The lowest BCUT2D eigenvalue weighted by Crippen LogP contribution is -2.35. The molecule has 1 aromatic heterocycles. The molecule has 0 amide bonds. The van der Waals surface area contributed by atoms with Crippen molar-refractivity contribution in [1.29, 1.82) is 0 Å². The first-order valence-corrected chi connectivity index (χ1v) is 11.6. The van der Waals surface area contributed by atoms with Crippen molar-refractivity contribution in [1.82, 2.24) is 15.2 Å². The molecule has 2 unspecified atom stereocenters. The lowest BCUT2D eigenvalue weighted by atomic mass is 9.79. The summed E-state index contributed by atoms with van der Waals surface area (Å²) in [7, 11) is 4.13. The molecule has 4 nitrogen and oxygen atoms in total. The fraction of sp³-hybridized carbons (Fsp3) is 0.375. The number of nitrogens with one attached hydrogen (secondary N) is 2. The number of aromatic nitrogens is 1. The summed E-state index contributed by atoms with van der Waals surface area (Å²) in [6, 6.07) is 11.0. The fourth-order valence-electron chi connectivity index (χ4n) is 4.51. The van der Waals surface area contributed by atoms with Crippen LogP contribution in [0.3, 0.4) is 0 Å². The Kier molecular flexibility index (Phi) is 6.95. The van der Waals surface area contributed by atoms with Crippen LogP contribution in [0, 0.1) is 0 Å². The second-order valence-corrected chi connectivity index (χ2v) is 9.78. The minimum absolute atomic E-state index is 0.0528. The van der Waals surface area contributed by atoms with Gasteiger partial charge >= 0.3 is 0 Å². The van der Waals surface area contributed by atoms with E-state index in [-0.39, 0.29) is 17.4 Å². The number of fused-ring (bicyclic) bond motifs is 2. The van der Waals surface area contributed by atoms with Gasteiger partial charge in [0, 0.05) is 43.3 Å². The molecule has 4 rings (SSSR count). The Bertz CT molecular complexity index is 1160. The zero-order valence-electron chi connectivity index (χ0n) is 17.6. The van der Waals surface area contributed by atoms with Crippen molar-refractivity contribution in [3.63, 3.8) is 0 Å². The normalized spacial score (nSPS) is 18.5. The summed E-state index contributed by atoms with van der Waals surface area (Å²) in [6.45, 7) is 1.82. The molecule has 31 heavy (non-hydrogen) atoms. The van der Waals surface area contributed by atoms with Gasteiger partial charge in [-0.1, -0.05) is 40.9 Å². The Labute approximate surface area is 197 Å². The maximum absolute atomic E-state index is 13.5. The number of pyridine rings is 1. The van der Waals surface area contributed by atoms with Crippen LogP contribution in [0.1, 0.15) is 41.6 Å². The van der Waals surface area contributed by atoms with E-state index in [0.717, 1.165) is 54.7 Å².